The molecule has 0 radical (unpaired) electrons. The highest BCUT2D eigenvalue weighted by molar-refractivity contribution is 6.34. The van der Waals surface area contributed by atoms with Gasteiger partial charge in [0.05, 0.1) is 5.56 Å². The largest absolute Gasteiger partial charge is 0.466 e. The maximum absolute atomic E-state index is 12.4. The van der Waals surface area contributed by atoms with Crippen LogP contribution in [0.5, 0.6) is 0 Å². The summed E-state index contributed by atoms with van der Waals surface area (Å²) in [7, 11) is 0. The van der Waals surface area contributed by atoms with E-state index in [2.05, 4.69) is 0 Å². The quantitative estimate of drug-likeness (QED) is 0.607. The molecule has 2 nitrogen and oxygen atoms in total. The van der Waals surface area contributed by atoms with Gasteiger partial charge in [0.2, 0.25) is 0 Å². The van der Waals surface area contributed by atoms with E-state index >= 15 is 0 Å². The third-order valence-electron chi connectivity index (χ3n) is 3.13. The summed E-state index contributed by atoms with van der Waals surface area (Å²) in [6.45, 7) is 5.53. The Kier molecular flexibility index (Phi) is 3.58. The lowest BCUT2D eigenvalue weighted by atomic mass is 9.99. The van der Waals surface area contributed by atoms with Gasteiger partial charge in [0.1, 0.15) is 16.9 Å². The van der Waals surface area contributed by atoms with Gasteiger partial charge < -0.3 is 4.42 Å². The predicted octanol–water partition coefficient (Wildman–Crippen LogP) is 4.37. The second-order valence-electron chi connectivity index (χ2n) is 4.35. The molecule has 0 saturated heterocycles. The number of alkyl halides is 1. The van der Waals surface area contributed by atoms with E-state index < -0.39 is 5.38 Å². The first kappa shape index (κ1) is 12.9. The zero-order valence-electron chi connectivity index (χ0n) is 10.7. The SMILES string of the molecule is Cc1oc(C)c(C(=O)C(Cl)c2ccccc2)c1C. The van der Waals surface area contributed by atoms with Crippen LogP contribution < -0.4 is 0 Å². The minimum Gasteiger partial charge on any atom is -0.466 e. The zero-order chi connectivity index (χ0) is 13.3. The Morgan fingerprint density at radius 1 is 1.11 bits per heavy atom. The summed E-state index contributed by atoms with van der Waals surface area (Å²) in [5, 5.41) is -0.666. The van der Waals surface area contributed by atoms with Crippen molar-refractivity contribution in [2.75, 3.05) is 0 Å². The van der Waals surface area contributed by atoms with Crippen molar-refractivity contribution in [3.8, 4) is 0 Å². The van der Waals surface area contributed by atoms with Crippen LogP contribution in [0, 0.1) is 20.8 Å². The van der Waals surface area contributed by atoms with E-state index in [1.165, 1.54) is 0 Å². The third-order valence-corrected chi connectivity index (χ3v) is 3.58. The number of halogens is 1. The van der Waals surface area contributed by atoms with E-state index in [4.69, 9.17) is 16.0 Å². The van der Waals surface area contributed by atoms with Gasteiger partial charge in [0.25, 0.3) is 0 Å². The molecule has 0 fully saturated rings. The Labute approximate surface area is 112 Å². The minimum atomic E-state index is -0.666. The van der Waals surface area contributed by atoms with Crippen LogP contribution in [0.2, 0.25) is 0 Å². The molecule has 94 valence electrons. The first-order valence-electron chi connectivity index (χ1n) is 5.82. The van der Waals surface area contributed by atoms with E-state index in [0.29, 0.717) is 11.3 Å². The topological polar surface area (TPSA) is 30.2 Å². The molecular formula is C15H15ClO2. The van der Waals surface area contributed by atoms with Crippen LogP contribution in [0.15, 0.2) is 34.7 Å². The van der Waals surface area contributed by atoms with Crippen LogP contribution >= 0.6 is 11.6 Å². The van der Waals surface area contributed by atoms with Gasteiger partial charge in [-0.15, -0.1) is 11.6 Å². The van der Waals surface area contributed by atoms with E-state index in [9.17, 15) is 4.79 Å². The Bertz CT molecular complexity index is 570. The lowest BCUT2D eigenvalue weighted by molar-refractivity contribution is 0.0985. The average molecular weight is 263 g/mol. The van der Waals surface area contributed by atoms with Crippen molar-refractivity contribution in [3.05, 3.63) is 58.5 Å². The molecule has 2 rings (SSSR count). The van der Waals surface area contributed by atoms with Crippen molar-refractivity contribution in [1.29, 1.82) is 0 Å². The van der Waals surface area contributed by atoms with Gasteiger partial charge in [0, 0.05) is 5.56 Å². The molecule has 1 atom stereocenters. The van der Waals surface area contributed by atoms with E-state index in [-0.39, 0.29) is 5.78 Å². The number of hydrogen-bond acceptors (Lipinski definition) is 2. The summed E-state index contributed by atoms with van der Waals surface area (Å²) in [6.07, 6.45) is 0. The Morgan fingerprint density at radius 3 is 2.22 bits per heavy atom. The van der Waals surface area contributed by atoms with E-state index in [0.717, 1.165) is 16.9 Å². The van der Waals surface area contributed by atoms with Crippen molar-refractivity contribution < 1.29 is 9.21 Å². The monoisotopic (exact) mass is 262 g/mol. The summed E-state index contributed by atoms with van der Waals surface area (Å²) >= 11 is 6.25. The van der Waals surface area contributed by atoms with E-state index in [1.54, 1.807) is 6.92 Å². The molecular weight excluding hydrogens is 248 g/mol. The molecule has 0 spiro atoms. The number of carbonyl (C=O) groups is 1. The van der Waals surface area contributed by atoms with Crippen LogP contribution in [0.25, 0.3) is 0 Å². The number of hydrogen-bond donors (Lipinski definition) is 0. The molecule has 0 aliphatic carbocycles. The van der Waals surface area contributed by atoms with Gasteiger partial charge >= 0.3 is 0 Å². The lowest BCUT2D eigenvalue weighted by Gasteiger charge is -2.08. The summed E-state index contributed by atoms with van der Waals surface area (Å²) in [5.41, 5.74) is 2.29. The van der Waals surface area contributed by atoms with Crippen molar-refractivity contribution in [2.45, 2.75) is 26.1 Å². The number of carbonyl (C=O) groups excluding carboxylic acids is 1. The molecule has 0 N–H and O–H groups in total. The molecule has 0 aliphatic heterocycles. The van der Waals surface area contributed by atoms with Crippen LogP contribution in [-0.2, 0) is 0 Å². The van der Waals surface area contributed by atoms with Crippen molar-refractivity contribution in [3.63, 3.8) is 0 Å². The van der Waals surface area contributed by atoms with Crippen LogP contribution in [0.4, 0.5) is 0 Å². The summed E-state index contributed by atoms with van der Waals surface area (Å²) in [4.78, 5) is 12.4. The maximum atomic E-state index is 12.4. The molecule has 1 unspecified atom stereocenters. The number of Topliss-reactive ketones (excluding diaryl/α,β-unsaturated/α-hetero) is 1. The molecule has 0 bridgehead atoms. The minimum absolute atomic E-state index is 0.102. The molecule has 1 aromatic carbocycles. The molecule has 0 amide bonds. The summed E-state index contributed by atoms with van der Waals surface area (Å²) in [5.74, 6) is 1.30. The standard InChI is InChI=1S/C15H15ClO2/c1-9-10(2)18-11(3)13(9)15(17)14(16)12-7-5-4-6-8-12/h4-8,14H,1-3H3. The van der Waals surface area contributed by atoms with Crippen LogP contribution in [0.3, 0.4) is 0 Å². The average Bonchev–Trinajstić information content (AvgIpc) is 2.63. The zero-order valence-corrected chi connectivity index (χ0v) is 11.4. The fourth-order valence-corrected chi connectivity index (χ4v) is 2.31. The van der Waals surface area contributed by atoms with Crippen LogP contribution in [0.1, 0.15) is 38.4 Å². The van der Waals surface area contributed by atoms with Gasteiger partial charge in [-0.25, -0.2) is 0 Å². The van der Waals surface area contributed by atoms with Gasteiger partial charge in [-0.3, -0.25) is 4.79 Å². The summed E-state index contributed by atoms with van der Waals surface area (Å²) in [6, 6.07) is 9.35. The van der Waals surface area contributed by atoms with Crippen molar-refractivity contribution in [2.24, 2.45) is 0 Å². The number of ketones is 1. The summed E-state index contributed by atoms with van der Waals surface area (Å²) < 4.78 is 5.47. The first-order chi connectivity index (χ1) is 8.52. The highest BCUT2D eigenvalue weighted by atomic mass is 35.5. The van der Waals surface area contributed by atoms with Gasteiger partial charge in [-0.1, -0.05) is 30.3 Å². The highest BCUT2D eigenvalue weighted by Crippen LogP contribution is 2.30. The molecule has 0 saturated carbocycles. The third kappa shape index (κ3) is 2.21. The normalized spacial score (nSPS) is 12.4. The second kappa shape index (κ2) is 4.99. The lowest BCUT2D eigenvalue weighted by Crippen LogP contribution is -2.09. The smallest absolute Gasteiger partial charge is 0.188 e. The second-order valence-corrected chi connectivity index (χ2v) is 4.79. The van der Waals surface area contributed by atoms with Gasteiger partial charge in [0.15, 0.2) is 5.78 Å². The maximum Gasteiger partial charge on any atom is 0.188 e. The fourth-order valence-electron chi connectivity index (χ4n) is 2.06. The Morgan fingerprint density at radius 2 is 1.72 bits per heavy atom. The number of furan rings is 1. The van der Waals surface area contributed by atoms with Gasteiger partial charge in [-0.05, 0) is 26.3 Å². The Hall–Kier alpha value is -1.54. The first-order valence-corrected chi connectivity index (χ1v) is 6.26. The number of aryl methyl sites for hydroxylation is 2. The molecule has 3 heteroatoms. The van der Waals surface area contributed by atoms with Crippen molar-refractivity contribution >= 4 is 17.4 Å². The Balaban J connectivity index is 2.38. The number of rotatable bonds is 3. The van der Waals surface area contributed by atoms with Gasteiger partial charge in [-0.2, -0.15) is 0 Å². The molecule has 2 aromatic rings. The van der Waals surface area contributed by atoms with E-state index in [1.807, 2.05) is 44.2 Å². The molecule has 18 heavy (non-hydrogen) atoms. The fraction of sp³-hybridized carbons (Fsp3) is 0.267. The number of benzene rings is 1. The molecule has 1 aromatic heterocycles. The molecule has 1 heterocycles. The molecule has 0 aliphatic rings. The highest BCUT2D eigenvalue weighted by Gasteiger charge is 2.25. The predicted molar refractivity (Wildman–Crippen MR) is 72.3 cm³/mol. The van der Waals surface area contributed by atoms with Crippen LogP contribution in [-0.4, -0.2) is 5.78 Å². The van der Waals surface area contributed by atoms with Crippen molar-refractivity contribution in [1.82, 2.24) is 0 Å².